The van der Waals surface area contributed by atoms with E-state index >= 15 is 0 Å². The van der Waals surface area contributed by atoms with Crippen molar-refractivity contribution in [1.82, 2.24) is 9.55 Å². The molecule has 0 aromatic carbocycles. The Morgan fingerprint density at radius 1 is 1.71 bits per heavy atom. The Hall–Kier alpha value is -1.44. The SMILES string of the molecule is [2H][13C@H](O)[13C@H]1O[13C@@H](n2cc(C)c(=O)[nH]c2=O)[13CH2][13C@@H]1O. The molecule has 0 bridgehead atoms. The summed E-state index contributed by atoms with van der Waals surface area (Å²) >= 11 is 0. The molecule has 0 amide bonds. The molecule has 7 heteroatoms. The molecular formula is C10H14N2O5. The van der Waals surface area contributed by atoms with Crippen molar-refractivity contribution in [2.75, 3.05) is 6.58 Å². The van der Waals surface area contributed by atoms with Crippen LogP contribution in [0.5, 0.6) is 0 Å². The van der Waals surface area contributed by atoms with E-state index in [1.165, 1.54) is 13.1 Å². The van der Waals surface area contributed by atoms with Crippen LogP contribution in [0, 0.1) is 6.92 Å². The Kier molecular flexibility index (Phi) is 2.79. The van der Waals surface area contributed by atoms with Gasteiger partial charge in [-0.25, -0.2) is 4.79 Å². The van der Waals surface area contributed by atoms with E-state index in [4.69, 9.17) is 11.2 Å². The van der Waals surface area contributed by atoms with E-state index in [2.05, 4.69) is 4.98 Å². The van der Waals surface area contributed by atoms with E-state index < -0.39 is 36.3 Å². The number of aliphatic hydroxyl groups excluding tert-OH is 2. The van der Waals surface area contributed by atoms with Crippen LogP contribution in [0.25, 0.3) is 0 Å². The topological polar surface area (TPSA) is 105 Å². The lowest BCUT2D eigenvalue weighted by atomic mass is 10.4. The van der Waals surface area contributed by atoms with Gasteiger partial charge in [-0.05, 0) is 6.92 Å². The summed E-state index contributed by atoms with van der Waals surface area (Å²) < 4.78 is 13.5. The van der Waals surface area contributed by atoms with Gasteiger partial charge in [0.25, 0.3) is 5.56 Å². The predicted molar refractivity (Wildman–Crippen MR) is 57.7 cm³/mol. The fourth-order valence-electron chi connectivity index (χ4n) is 1.78. The first-order valence-electron chi connectivity index (χ1n) is 5.74. The second kappa shape index (κ2) is 4.44. The molecule has 1 fully saturated rings. The van der Waals surface area contributed by atoms with E-state index in [-0.39, 0.29) is 6.42 Å². The highest BCUT2D eigenvalue weighted by atomic mass is 16.7. The summed E-state index contributed by atoms with van der Waals surface area (Å²) in [6.07, 6.45) is -1.48. The second-order valence-electron chi connectivity index (χ2n) is 3.99. The first-order chi connectivity index (χ1) is 8.40. The number of nitrogens with zero attached hydrogens (tertiary/aromatic N) is 1. The molecule has 0 radical (unpaired) electrons. The highest BCUT2D eigenvalue weighted by molar-refractivity contribution is 5.02. The van der Waals surface area contributed by atoms with Crippen molar-refractivity contribution in [2.24, 2.45) is 0 Å². The highest BCUT2D eigenvalue weighted by Gasteiger charge is 2.34. The zero-order chi connectivity index (χ0) is 13.4. The molecule has 1 aromatic rings. The summed E-state index contributed by atoms with van der Waals surface area (Å²) in [6, 6.07) is 0. The lowest BCUT2D eigenvalue weighted by Crippen LogP contribution is -2.33. The third-order valence-corrected chi connectivity index (χ3v) is 2.74. The molecule has 0 unspecified atom stereocenters. The molecule has 4 atom stereocenters. The minimum Gasteiger partial charge on any atom is -0.394 e. The van der Waals surface area contributed by atoms with E-state index in [9.17, 15) is 14.7 Å². The highest BCUT2D eigenvalue weighted by Crippen LogP contribution is 2.27. The number of aryl methyl sites for hydroxylation is 1. The Bertz CT molecular complexity index is 552. The number of aromatic nitrogens is 2. The minimum absolute atomic E-state index is 0.0754. The van der Waals surface area contributed by atoms with Crippen molar-refractivity contribution < 1.29 is 16.3 Å². The van der Waals surface area contributed by atoms with Gasteiger partial charge in [0.15, 0.2) is 0 Å². The summed E-state index contributed by atoms with van der Waals surface area (Å²) in [5, 5.41) is 18.7. The number of hydrogen-bond acceptors (Lipinski definition) is 5. The van der Waals surface area contributed by atoms with Crippen LogP contribution < -0.4 is 11.2 Å². The average molecular weight is 248 g/mol. The van der Waals surface area contributed by atoms with Gasteiger partial charge in [-0.15, -0.1) is 0 Å². The van der Waals surface area contributed by atoms with Crippen molar-refractivity contribution in [3.8, 4) is 0 Å². The lowest BCUT2D eigenvalue weighted by molar-refractivity contribution is -0.0459. The Labute approximate surface area is 97.7 Å². The summed E-state index contributed by atoms with van der Waals surface area (Å²) in [7, 11) is 0. The minimum atomic E-state index is -1.58. The molecule has 3 N–H and O–H groups in total. The quantitative estimate of drug-likeness (QED) is 0.552. The number of ether oxygens (including phenoxy) is 1. The summed E-state index contributed by atoms with van der Waals surface area (Å²) in [6.45, 7) is -0.0404. The van der Waals surface area contributed by atoms with Gasteiger partial charge in [0.1, 0.15) is 12.3 Å². The maximum absolute atomic E-state index is 11.6. The van der Waals surface area contributed by atoms with E-state index in [0.717, 1.165) is 4.57 Å². The molecule has 17 heavy (non-hydrogen) atoms. The molecule has 1 aromatic heterocycles. The lowest BCUT2D eigenvalue weighted by Gasteiger charge is -2.14. The third-order valence-electron chi connectivity index (χ3n) is 2.74. The van der Waals surface area contributed by atoms with Crippen LogP contribution >= 0.6 is 0 Å². The van der Waals surface area contributed by atoms with Crippen LogP contribution in [0.2, 0.25) is 0 Å². The summed E-state index contributed by atoms with van der Waals surface area (Å²) in [5.41, 5.74) is -0.794. The maximum Gasteiger partial charge on any atom is 0.330 e. The van der Waals surface area contributed by atoms with Crippen LogP contribution in [-0.4, -0.2) is 38.6 Å². The second-order valence-corrected chi connectivity index (χ2v) is 3.99. The largest absolute Gasteiger partial charge is 0.394 e. The van der Waals surface area contributed by atoms with Crippen molar-refractivity contribution in [2.45, 2.75) is 31.8 Å². The molecule has 0 aliphatic carbocycles. The molecule has 1 aliphatic heterocycles. The van der Waals surface area contributed by atoms with Gasteiger partial charge in [0, 0.05) is 18.2 Å². The molecule has 1 aliphatic rings. The number of aromatic amines is 1. The molecular weight excluding hydrogens is 233 g/mol. The van der Waals surface area contributed by atoms with E-state index in [1.54, 1.807) is 0 Å². The van der Waals surface area contributed by atoms with E-state index in [0.29, 0.717) is 5.56 Å². The summed E-state index contributed by atoms with van der Waals surface area (Å²) in [4.78, 5) is 24.9. The molecule has 0 spiro atoms. The van der Waals surface area contributed by atoms with Gasteiger partial charge in [0.05, 0.1) is 14.1 Å². The van der Waals surface area contributed by atoms with Gasteiger partial charge in [-0.1, -0.05) is 0 Å². The Morgan fingerprint density at radius 2 is 2.41 bits per heavy atom. The van der Waals surface area contributed by atoms with Gasteiger partial charge in [0.2, 0.25) is 0 Å². The number of aliphatic hydroxyl groups is 2. The fraction of sp³-hybridized carbons (Fsp3) is 0.600. The van der Waals surface area contributed by atoms with Crippen LogP contribution in [0.3, 0.4) is 0 Å². The maximum atomic E-state index is 11.6. The number of hydrogen-bond donors (Lipinski definition) is 3. The van der Waals surface area contributed by atoms with Crippen LogP contribution in [0.15, 0.2) is 15.8 Å². The molecule has 7 nitrogen and oxygen atoms in total. The van der Waals surface area contributed by atoms with Crippen molar-refractivity contribution >= 4 is 0 Å². The van der Waals surface area contributed by atoms with Crippen LogP contribution in [-0.2, 0) is 4.74 Å². The summed E-state index contributed by atoms with van der Waals surface area (Å²) in [5.74, 6) is 0. The zero-order valence-corrected chi connectivity index (χ0v) is 9.16. The Morgan fingerprint density at radius 3 is 3.00 bits per heavy atom. The van der Waals surface area contributed by atoms with Crippen LogP contribution in [0.4, 0.5) is 0 Å². The number of nitrogens with one attached hydrogen (secondary N) is 1. The fourth-order valence-corrected chi connectivity index (χ4v) is 1.78. The molecule has 2 rings (SSSR count). The molecule has 0 saturated carbocycles. The average Bonchev–Trinajstić information content (AvgIpc) is 2.65. The van der Waals surface area contributed by atoms with Gasteiger partial charge in [-0.3, -0.25) is 14.3 Å². The van der Waals surface area contributed by atoms with Gasteiger partial charge < -0.3 is 14.9 Å². The van der Waals surface area contributed by atoms with Crippen molar-refractivity contribution in [1.29, 1.82) is 0 Å². The molecule has 1 saturated heterocycles. The smallest absolute Gasteiger partial charge is 0.330 e. The number of rotatable bonds is 2. The first kappa shape index (κ1) is 10.7. The first-order valence-corrected chi connectivity index (χ1v) is 5.16. The molecule has 94 valence electrons. The Balaban J connectivity index is 2.32. The zero-order valence-electron chi connectivity index (χ0n) is 10.2. The molecule has 2 heterocycles. The van der Waals surface area contributed by atoms with Gasteiger partial charge >= 0.3 is 5.69 Å². The number of H-pyrrole nitrogens is 1. The standard InChI is InChI=1S/C10H14N2O5/c1-5-3-12(10(16)11-9(5)15)8-2-6(14)7(4-13)17-8/h3,6-8,13-14H,2,4H2,1H3,(H,11,15,16)/t6-,7+,8+/m0/s1/i2+1,4+1D,6+1,7+1,8+1/t4-,6-,7+,8+. The predicted octanol–water partition coefficient (Wildman–Crippen LogP) is -1.51. The van der Waals surface area contributed by atoms with Gasteiger partial charge in [-0.2, -0.15) is 0 Å². The van der Waals surface area contributed by atoms with Crippen molar-refractivity contribution in [3.05, 3.63) is 32.6 Å². The third kappa shape index (κ3) is 2.17. The van der Waals surface area contributed by atoms with Crippen LogP contribution in [0.1, 0.15) is 19.6 Å². The van der Waals surface area contributed by atoms with E-state index in [1.807, 2.05) is 0 Å². The van der Waals surface area contributed by atoms with Crippen molar-refractivity contribution in [3.63, 3.8) is 0 Å². The monoisotopic (exact) mass is 248 g/mol. The normalized spacial score (nSPS) is 31.2.